The highest BCUT2D eigenvalue weighted by Gasteiger charge is 2.29. The van der Waals surface area contributed by atoms with Gasteiger partial charge in [-0.25, -0.2) is 0 Å². The number of aliphatic hydroxyl groups excluding tert-OH is 1. The molecule has 0 spiro atoms. The average Bonchev–Trinajstić information content (AvgIpc) is 2.95. The standard InChI is InChI=1S/C14H18N2O3/c17-9-10-4-6-16(8-10)14(18)11-2-1-3-12-13(11)19-7-5-15-12/h1-3,10,15,17H,4-9H2. The van der Waals surface area contributed by atoms with Crippen molar-refractivity contribution in [1.82, 2.24) is 4.90 Å². The number of aliphatic hydroxyl groups is 1. The molecule has 2 heterocycles. The molecule has 0 aliphatic carbocycles. The fourth-order valence-corrected chi connectivity index (χ4v) is 2.68. The van der Waals surface area contributed by atoms with Crippen molar-refractivity contribution >= 4 is 11.6 Å². The Balaban J connectivity index is 1.84. The average molecular weight is 262 g/mol. The second-order valence-corrected chi connectivity index (χ2v) is 5.05. The van der Waals surface area contributed by atoms with Gasteiger partial charge in [0.25, 0.3) is 5.91 Å². The van der Waals surface area contributed by atoms with Crippen LogP contribution in [0, 0.1) is 5.92 Å². The molecule has 1 atom stereocenters. The summed E-state index contributed by atoms with van der Waals surface area (Å²) in [5, 5.41) is 12.4. The smallest absolute Gasteiger partial charge is 0.257 e. The van der Waals surface area contributed by atoms with E-state index in [9.17, 15) is 4.79 Å². The van der Waals surface area contributed by atoms with Crippen LogP contribution in [0.25, 0.3) is 0 Å². The van der Waals surface area contributed by atoms with Crippen molar-refractivity contribution in [3.05, 3.63) is 23.8 Å². The number of fused-ring (bicyclic) bond motifs is 1. The number of benzene rings is 1. The predicted octanol–water partition coefficient (Wildman–Crippen LogP) is 0.945. The van der Waals surface area contributed by atoms with Gasteiger partial charge in [-0.05, 0) is 18.6 Å². The Hall–Kier alpha value is -1.75. The van der Waals surface area contributed by atoms with Gasteiger partial charge in [0.05, 0.1) is 11.3 Å². The fraction of sp³-hybridized carbons (Fsp3) is 0.500. The van der Waals surface area contributed by atoms with Crippen molar-refractivity contribution in [2.75, 3.05) is 38.2 Å². The van der Waals surface area contributed by atoms with E-state index in [-0.39, 0.29) is 18.4 Å². The first-order valence-corrected chi connectivity index (χ1v) is 6.69. The first-order chi connectivity index (χ1) is 9.29. The monoisotopic (exact) mass is 262 g/mol. The minimum absolute atomic E-state index is 0.00324. The molecule has 0 bridgehead atoms. The van der Waals surface area contributed by atoms with Gasteiger partial charge in [0, 0.05) is 32.2 Å². The van der Waals surface area contributed by atoms with E-state index in [1.54, 1.807) is 11.0 Å². The molecular formula is C14H18N2O3. The molecule has 102 valence electrons. The van der Waals surface area contributed by atoms with E-state index < -0.39 is 0 Å². The van der Waals surface area contributed by atoms with Crippen molar-refractivity contribution in [2.24, 2.45) is 5.92 Å². The van der Waals surface area contributed by atoms with Crippen LogP contribution in [0.4, 0.5) is 5.69 Å². The van der Waals surface area contributed by atoms with Gasteiger partial charge < -0.3 is 20.1 Å². The van der Waals surface area contributed by atoms with Crippen molar-refractivity contribution in [3.8, 4) is 5.75 Å². The van der Waals surface area contributed by atoms with Gasteiger partial charge in [0.15, 0.2) is 5.75 Å². The quantitative estimate of drug-likeness (QED) is 0.833. The summed E-state index contributed by atoms with van der Waals surface area (Å²) < 4.78 is 5.63. The number of carbonyl (C=O) groups is 1. The number of hydrogen-bond donors (Lipinski definition) is 2. The van der Waals surface area contributed by atoms with E-state index in [2.05, 4.69) is 5.32 Å². The van der Waals surface area contributed by atoms with Crippen LogP contribution in [0.2, 0.25) is 0 Å². The molecule has 1 saturated heterocycles. The van der Waals surface area contributed by atoms with Crippen molar-refractivity contribution in [3.63, 3.8) is 0 Å². The maximum Gasteiger partial charge on any atom is 0.257 e. The third-order valence-electron chi connectivity index (χ3n) is 3.74. The zero-order valence-corrected chi connectivity index (χ0v) is 10.8. The highest BCUT2D eigenvalue weighted by atomic mass is 16.5. The SMILES string of the molecule is O=C(c1cccc2c1OCCN2)N1CCC(CO)C1. The Labute approximate surface area is 112 Å². The summed E-state index contributed by atoms with van der Waals surface area (Å²) in [5.41, 5.74) is 1.50. The Kier molecular flexibility index (Phi) is 3.29. The van der Waals surface area contributed by atoms with Crippen LogP contribution in [0.1, 0.15) is 16.8 Å². The van der Waals surface area contributed by atoms with Gasteiger partial charge in [-0.1, -0.05) is 6.07 Å². The maximum atomic E-state index is 12.5. The normalized spacial score (nSPS) is 21.5. The summed E-state index contributed by atoms with van der Waals surface area (Å²) in [6.07, 6.45) is 0.871. The minimum atomic E-state index is -0.00324. The van der Waals surface area contributed by atoms with E-state index in [0.717, 1.165) is 18.7 Å². The number of likely N-dealkylation sites (tertiary alicyclic amines) is 1. The lowest BCUT2D eigenvalue weighted by Crippen LogP contribution is -2.30. The molecule has 1 fully saturated rings. The molecule has 5 nitrogen and oxygen atoms in total. The Morgan fingerprint density at radius 2 is 2.42 bits per heavy atom. The largest absolute Gasteiger partial charge is 0.489 e. The molecule has 2 aliphatic heterocycles. The predicted molar refractivity (Wildman–Crippen MR) is 71.5 cm³/mol. The van der Waals surface area contributed by atoms with Crippen LogP contribution in [0.15, 0.2) is 18.2 Å². The van der Waals surface area contributed by atoms with E-state index in [0.29, 0.717) is 31.0 Å². The zero-order chi connectivity index (χ0) is 13.2. The third-order valence-corrected chi connectivity index (χ3v) is 3.74. The zero-order valence-electron chi connectivity index (χ0n) is 10.8. The van der Waals surface area contributed by atoms with Crippen LogP contribution < -0.4 is 10.1 Å². The number of carbonyl (C=O) groups excluding carboxylic acids is 1. The van der Waals surface area contributed by atoms with Crippen molar-refractivity contribution < 1.29 is 14.6 Å². The number of nitrogens with one attached hydrogen (secondary N) is 1. The molecular weight excluding hydrogens is 244 g/mol. The van der Waals surface area contributed by atoms with Gasteiger partial charge in [0.1, 0.15) is 6.61 Å². The number of rotatable bonds is 2. The molecule has 1 aromatic rings. The summed E-state index contributed by atoms with van der Waals surface area (Å²) >= 11 is 0. The molecule has 0 aromatic heterocycles. The maximum absolute atomic E-state index is 12.5. The molecule has 1 amide bonds. The lowest BCUT2D eigenvalue weighted by molar-refractivity contribution is 0.0777. The van der Waals surface area contributed by atoms with Crippen LogP contribution in [0.3, 0.4) is 0 Å². The first kappa shape index (κ1) is 12.3. The van der Waals surface area contributed by atoms with Gasteiger partial charge in [-0.15, -0.1) is 0 Å². The second-order valence-electron chi connectivity index (χ2n) is 5.05. The van der Waals surface area contributed by atoms with E-state index in [1.165, 1.54) is 0 Å². The second kappa shape index (κ2) is 5.09. The molecule has 5 heteroatoms. The van der Waals surface area contributed by atoms with Crippen LogP contribution in [-0.2, 0) is 0 Å². The third kappa shape index (κ3) is 2.26. The molecule has 2 N–H and O–H groups in total. The van der Waals surface area contributed by atoms with Gasteiger partial charge in [-0.2, -0.15) is 0 Å². The van der Waals surface area contributed by atoms with Crippen LogP contribution >= 0.6 is 0 Å². The van der Waals surface area contributed by atoms with Crippen molar-refractivity contribution in [2.45, 2.75) is 6.42 Å². The topological polar surface area (TPSA) is 61.8 Å². The molecule has 1 aromatic carbocycles. The van der Waals surface area contributed by atoms with Crippen LogP contribution in [0.5, 0.6) is 5.75 Å². The summed E-state index contributed by atoms with van der Waals surface area (Å²) in [6, 6.07) is 5.60. The van der Waals surface area contributed by atoms with Gasteiger partial charge in [0.2, 0.25) is 0 Å². The summed E-state index contributed by atoms with van der Waals surface area (Å²) in [4.78, 5) is 14.3. The van der Waals surface area contributed by atoms with E-state index >= 15 is 0 Å². The number of ether oxygens (including phenoxy) is 1. The molecule has 2 aliphatic rings. The molecule has 0 saturated carbocycles. The Morgan fingerprint density at radius 3 is 3.21 bits per heavy atom. The summed E-state index contributed by atoms with van der Waals surface area (Å²) in [7, 11) is 0. The lowest BCUT2D eigenvalue weighted by Gasteiger charge is -2.23. The van der Waals surface area contributed by atoms with Crippen molar-refractivity contribution in [1.29, 1.82) is 0 Å². The van der Waals surface area contributed by atoms with Gasteiger partial charge >= 0.3 is 0 Å². The Bertz CT molecular complexity index is 490. The molecule has 1 unspecified atom stereocenters. The van der Waals surface area contributed by atoms with E-state index in [1.807, 2.05) is 12.1 Å². The number of para-hydroxylation sites is 1. The fourth-order valence-electron chi connectivity index (χ4n) is 2.68. The minimum Gasteiger partial charge on any atom is -0.489 e. The number of nitrogens with zero attached hydrogens (tertiary/aromatic N) is 1. The highest BCUT2D eigenvalue weighted by molar-refractivity contribution is 5.99. The number of hydrogen-bond acceptors (Lipinski definition) is 4. The van der Waals surface area contributed by atoms with Gasteiger partial charge in [-0.3, -0.25) is 4.79 Å². The Morgan fingerprint density at radius 1 is 1.53 bits per heavy atom. The summed E-state index contributed by atoms with van der Waals surface area (Å²) in [5.74, 6) is 0.866. The molecule has 0 radical (unpaired) electrons. The first-order valence-electron chi connectivity index (χ1n) is 6.69. The van der Waals surface area contributed by atoms with E-state index in [4.69, 9.17) is 9.84 Å². The molecule has 19 heavy (non-hydrogen) atoms. The summed E-state index contributed by atoms with van der Waals surface area (Å²) in [6.45, 7) is 2.83. The molecule has 3 rings (SSSR count). The number of amides is 1. The number of anilines is 1. The van der Waals surface area contributed by atoms with Crippen LogP contribution in [-0.4, -0.2) is 48.8 Å². The lowest BCUT2D eigenvalue weighted by atomic mass is 10.1. The highest BCUT2D eigenvalue weighted by Crippen LogP contribution is 2.32.